The van der Waals surface area contributed by atoms with Gasteiger partial charge in [-0.3, -0.25) is 13.9 Å². The number of nitrogens with zero attached hydrogens (tertiary/aromatic N) is 2. The summed E-state index contributed by atoms with van der Waals surface area (Å²) in [7, 11) is 1.76. The average molecular weight is 367 g/mol. The summed E-state index contributed by atoms with van der Waals surface area (Å²) in [4.78, 5) is 24.4. The van der Waals surface area contributed by atoms with Crippen LogP contribution in [0.3, 0.4) is 0 Å². The van der Waals surface area contributed by atoms with Gasteiger partial charge in [0, 0.05) is 26.6 Å². The topological polar surface area (TPSA) is 68.1 Å². The number of rotatable bonds is 6. The zero-order valence-electron chi connectivity index (χ0n) is 14.7. The zero-order valence-corrected chi connectivity index (χ0v) is 15.5. The van der Waals surface area contributed by atoms with Crippen molar-refractivity contribution in [2.75, 3.05) is 19.6 Å². The summed E-state index contributed by atoms with van der Waals surface area (Å²) in [5.74, 6) is 0.679. The third-order valence-corrected chi connectivity index (χ3v) is 4.89. The Hall–Kier alpha value is -1.79. The highest BCUT2D eigenvalue weighted by molar-refractivity contribution is 5.85. The molecule has 1 fully saturated rings. The van der Waals surface area contributed by atoms with E-state index in [1.807, 2.05) is 24.3 Å². The van der Waals surface area contributed by atoms with Crippen molar-refractivity contribution in [1.82, 2.24) is 19.8 Å². The third-order valence-electron chi connectivity index (χ3n) is 4.89. The fraction of sp³-hybridized carbons (Fsp3) is 0.556. The number of para-hydroxylation sites is 2. The number of piperidine rings is 1. The number of hydrogen-bond acceptors (Lipinski definition) is 3. The molecule has 0 spiro atoms. The molecule has 1 amide bonds. The lowest BCUT2D eigenvalue weighted by Gasteiger charge is -2.22. The van der Waals surface area contributed by atoms with E-state index >= 15 is 0 Å². The van der Waals surface area contributed by atoms with Crippen LogP contribution in [0, 0.1) is 5.92 Å². The number of imidazole rings is 1. The molecule has 3 rings (SSSR count). The predicted octanol–water partition coefficient (Wildman–Crippen LogP) is 1.66. The third kappa shape index (κ3) is 4.64. The van der Waals surface area contributed by atoms with Crippen LogP contribution < -0.4 is 16.3 Å². The van der Waals surface area contributed by atoms with Crippen LogP contribution in [0.1, 0.15) is 25.7 Å². The molecule has 1 aromatic carbocycles. The van der Waals surface area contributed by atoms with Gasteiger partial charge < -0.3 is 10.6 Å². The molecule has 1 aromatic heterocycles. The molecule has 1 unspecified atom stereocenters. The molecule has 1 aliphatic heterocycles. The minimum absolute atomic E-state index is 0. The van der Waals surface area contributed by atoms with Gasteiger partial charge in [0.05, 0.1) is 11.0 Å². The molecule has 1 saturated heterocycles. The standard InChI is InChI=1S/C18H26N4O2.ClH/c1-21-15-6-2-3-7-16(15)22(18(21)24)12-9-17(23)20-11-8-14-5-4-10-19-13-14;/h2-3,6-7,14,19H,4-5,8-13H2,1H3,(H,20,23);1H. The second-order valence-corrected chi connectivity index (χ2v) is 6.58. The van der Waals surface area contributed by atoms with Crippen LogP contribution in [0.25, 0.3) is 11.0 Å². The molecule has 2 aromatic rings. The highest BCUT2D eigenvalue weighted by Crippen LogP contribution is 2.13. The summed E-state index contributed by atoms with van der Waals surface area (Å²) >= 11 is 0. The van der Waals surface area contributed by atoms with E-state index in [0.717, 1.165) is 37.1 Å². The van der Waals surface area contributed by atoms with Crippen LogP contribution in [-0.4, -0.2) is 34.7 Å². The van der Waals surface area contributed by atoms with Crippen molar-refractivity contribution in [3.05, 3.63) is 34.7 Å². The first-order valence-electron chi connectivity index (χ1n) is 8.78. The molecule has 2 N–H and O–H groups in total. The number of carbonyl (C=O) groups is 1. The maximum absolute atomic E-state index is 12.3. The number of hydrogen-bond donors (Lipinski definition) is 2. The van der Waals surface area contributed by atoms with E-state index in [9.17, 15) is 9.59 Å². The number of fused-ring (bicyclic) bond motifs is 1. The molecule has 138 valence electrons. The van der Waals surface area contributed by atoms with E-state index in [2.05, 4.69) is 10.6 Å². The monoisotopic (exact) mass is 366 g/mol. The van der Waals surface area contributed by atoms with Crippen molar-refractivity contribution in [2.45, 2.75) is 32.2 Å². The Labute approximate surface area is 154 Å². The van der Waals surface area contributed by atoms with Crippen molar-refractivity contribution in [3.63, 3.8) is 0 Å². The number of carbonyl (C=O) groups excluding carboxylic acids is 1. The van der Waals surface area contributed by atoms with Crippen LogP contribution in [0.15, 0.2) is 29.1 Å². The zero-order chi connectivity index (χ0) is 16.9. The molecule has 0 bridgehead atoms. The maximum Gasteiger partial charge on any atom is 0.328 e. The van der Waals surface area contributed by atoms with Crippen LogP contribution in [0.5, 0.6) is 0 Å². The lowest BCUT2D eigenvalue weighted by molar-refractivity contribution is -0.121. The quantitative estimate of drug-likeness (QED) is 0.817. The van der Waals surface area contributed by atoms with Crippen molar-refractivity contribution in [2.24, 2.45) is 13.0 Å². The Kier molecular flexibility index (Phi) is 7.08. The van der Waals surface area contributed by atoms with Crippen molar-refractivity contribution >= 4 is 29.3 Å². The van der Waals surface area contributed by atoms with Gasteiger partial charge >= 0.3 is 5.69 Å². The van der Waals surface area contributed by atoms with E-state index in [-0.39, 0.29) is 24.0 Å². The lowest BCUT2D eigenvalue weighted by Crippen LogP contribution is -2.33. The molecule has 1 aliphatic rings. The number of nitrogens with one attached hydrogen (secondary N) is 2. The number of amides is 1. The van der Waals surface area contributed by atoms with Gasteiger partial charge in [-0.1, -0.05) is 12.1 Å². The van der Waals surface area contributed by atoms with Gasteiger partial charge in [-0.15, -0.1) is 12.4 Å². The van der Waals surface area contributed by atoms with Crippen LogP contribution in [-0.2, 0) is 18.4 Å². The van der Waals surface area contributed by atoms with Gasteiger partial charge in [0.2, 0.25) is 5.91 Å². The average Bonchev–Trinajstić information content (AvgIpc) is 2.85. The van der Waals surface area contributed by atoms with Crippen molar-refractivity contribution in [1.29, 1.82) is 0 Å². The van der Waals surface area contributed by atoms with Crippen molar-refractivity contribution in [3.8, 4) is 0 Å². The smallest absolute Gasteiger partial charge is 0.328 e. The molecular weight excluding hydrogens is 340 g/mol. The van der Waals surface area contributed by atoms with Gasteiger partial charge in [0.25, 0.3) is 0 Å². The van der Waals surface area contributed by atoms with Gasteiger partial charge in [0.15, 0.2) is 0 Å². The molecular formula is C18H27ClN4O2. The molecule has 0 aliphatic carbocycles. The first-order chi connectivity index (χ1) is 11.7. The van der Waals surface area contributed by atoms with Crippen molar-refractivity contribution < 1.29 is 4.79 Å². The first-order valence-corrected chi connectivity index (χ1v) is 8.78. The van der Waals surface area contributed by atoms with E-state index in [4.69, 9.17) is 0 Å². The largest absolute Gasteiger partial charge is 0.356 e. The van der Waals surface area contributed by atoms with Gasteiger partial charge in [-0.05, 0) is 50.4 Å². The molecule has 1 atom stereocenters. The summed E-state index contributed by atoms with van der Waals surface area (Å²) in [6.45, 7) is 3.30. The number of aryl methyl sites for hydroxylation is 2. The maximum atomic E-state index is 12.3. The summed E-state index contributed by atoms with van der Waals surface area (Å²) in [6, 6.07) is 7.67. The van der Waals surface area contributed by atoms with Crippen LogP contribution in [0.2, 0.25) is 0 Å². The van der Waals surface area contributed by atoms with E-state index in [1.165, 1.54) is 12.8 Å². The Balaban J connectivity index is 0.00000225. The highest BCUT2D eigenvalue weighted by atomic mass is 35.5. The second kappa shape index (κ2) is 9.06. The van der Waals surface area contributed by atoms with Crippen LogP contribution >= 0.6 is 12.4 Å². The molecule has 0 saturated carbocycles. The molecule has 7 heteroatoms. The Morgan fingerprint density at radius 1 is 1.32 bits per heavy atom. The number of halogens is 1. The second-order valence-electron chi connectivity index (χ2n) is 6.58. The lowest BCUT2D eigenvalue weighted by atomic mass is 9.96. The van der Waals surface area contributed by atoms with Crippen LogP contribution in [0.4, 0.5) is 0 Å². The Bertz CT molecular complexity index is 762. The Morgan fingerprint density at radius 3 is 2.80 bits per heavy atom. The predicted molar refractivity (Wildman–Crippen MR) is 102 cm³/mol. The summed E-state index contributed by atoms with van der Waals surface area (Å²) < 4.78 is 3.31. The summed E-state index contributed by atoms with van der Waals surface area (Å²) in [6.07, 6.45) is 3.82. The van der Waals surface area contributed by atoms with Gasteiger partial charge in [0.1, 0.15) is 0 Å². The summed E-state index contributed by atoms with van der Waals surface area (Å²) in [5, 5.41) is 6.38. The normalized spacial score (nSPS) is 17.2. The van der Waals surface area contributed by atoms with E-state index in [0.29, 0.717) is 18.9 Å². The number of aromatic nitrogens is 2. The minimum atomic E-state index is -0.0720. The van der Waals surface area contributed by atoms with E-state index < -0.39 is 0 Å². The SMILES string of the molecule is Cl.Cn1c(=O)n(CCC(=O)NCCC2CCCNC2)c2ccccc21. The highest BCUT2D eigenvalue weighted by Gasteiger charge is 2.14. The number of benzene rings is 1. The summed E-state index contributed by atoms with van der Waals surface area (Å²) in [5.41, 5.74) is 1.70. The molecule has 6 nitrogen and oxygen atoms in total. The van der Waals surface area contributed by atoms with Gasteiger partial charge in [-0.25, -0.2) is 4.79 Å². The first kappa shape index (κ1) is 19.5. The fourth-order valence-corrected chi connectivity index (χ4v) is 3.47. The molecule has 0 radical (unpaired) electrons. The Morgan fingerprint density at radius 2 is 2.08 bits per heavy atom. The molecule has 2 heterocycles. The van der Waals surface area contributed by atoms with Gasteiger partial charge in [-0.2, -0.15) is 0 Å². The molecule has 25 heavy (non-hydrogen) atoms. The van der Waals surface area contributed by atoms with E-state index in [1.54, 1.807) is 16.2 Å². The minimum Gasteiger partial charge on any atom is -0.356 e. The fourth-order valence-electron chi connectivity index (χ4n) is 3.47.